The van der Waals surface area contributed by atoms with Gasteiger partial charge in [0.2, 0.25) is 0 Å². The van der Waals surface area contributed by atoms with Gasteiger partial charge in [-0.2, -0.15) is 0 Å². The molecule has 0 aliphatic rings. The van der Waals surface area contributed by atoms with E-state index in [2.05, 4.69) is 60.1 Å². The molecule has 114 valence electrons. The Hall–Kier alpha value is -0.540. The highest BCUT2D eigenvalue weighted by Crippen LogP contribution is 2.32. The van der Waals surface area contributed by atoms with Gasteiger partial charge in [-0.1, -0.05) is 58.7 Å². The highest BCUT2D eigenvalue weighted by atomic mass is 79.9. The van der Waals surface area contributed by atoms with Crippen LogP contribution in [-0.4, -0.2) is 6.04 Å². The molecule has 2 aromatic rings. The Morgan fingerprint density at radius 3 is 2.33 bits per heavy atom. The Morgan fingerprint density at radius 1 is 1.19 bits per heavy atom. The third-order valence-electron chi connectivity index (χ3n) is 3.97. The zero-order valence-corrected chi connectivity index (χ0v) is 15.3. The van der Waals surface area contributed by atoms with Gasteiger partial charge in [0.15, 0.2) is 0 Å². The lowest BCUT2D eigenvalue weighted by Crippen LogP contribution is -2.42. The molecule has 0 saturated heterocycles. The summed E-state index contributed by atoms with van der Waals surface area (Å²) >= 11 is 9.49. The smallest absolute Gasteiger partial charge is 0.0406 e. The van der Waals surface area contributed by atoms with E-state index in [-0.39, 0.29) is 23.9 Å². The Bertz CT molecular complexity index is 584. The first-order valence-electron chi connectivity index (χ1n) is 6.68. The van der Waals surface area contributed by atoms with Crippen LogP contribution in [0.5, 0.6) is 0 Å². The van der Waals surface area contributed by atoms with Gasteiger partial charge < -0.3 is 5.73 Å². The van der Waals surface area contributed by atoms with E-state index in [1.165, 1.54) is 11.1 Å². The highest BCUT2D eigenvalue weighted by molar-refractivity contribution is 9.10. The highest BCUT2D eigenvalue weighted by Gasteiger charge is 2.31. The number of halogens is 3. The minimum atomic E-state index is -0.113. The molecule has 1 nitrogen and oxygen atoms in total. The molecule has 0 heterocycles. The van der Waals surface area contributed by atoms with Crippen LogP contribution < -0.4 is 5.73 Å². The van der Waals surface area contributed by atoms with Gasteiger partial charge in [0.25, 0.3) is 0 Å². The normalized spacial score (nSPS) is 14.9. The standard InChI is InChI=1S/C17H19BrClN.ClH/c1-12(20)17(2,14-4-3-5-15(18)10-14)11-13-6-8-16(19)9-7-13;/h3-10,12H,11,20H2,1-2H3;1H. The molecule has 2 unspecified atom stereocenters. The van der Waals surface area contributed by atoms with Gasteiger partial charge in [0.05, 0.1) is 0 Å². The summed E-state index contributed by atoms with van der Waals surface area (Å²) in [5, 5.41) is 0.763. The van der Waals surface area contributed by atoms with Crippen LogP contribution in [0.4, 0.5) is 0 Å². The zero-order chi connectivity index (χ0) is 14.8. The Labute approximate surface area is 146 Å². The summed E-state index contributed by atoms with van der Waals surface area (Å²) in [6.45, 7) is 4.28. The third-order valence-corrected chi connectivity index (χ3v) is 4.72. The van der Waals surface area contributed by atoms with E-state index in [9.17, 15) is 0 Å². The SMILES string of the molecule is CC(N)C(C)(Cc1ccc(Cl)cc1)c1cccc(Br)c1.Cl. The molecule has 0 aliphatic carbocycles. The summed E-state index contributed by atoms with van der Waals surface area (Å²) in [6, 6.07) is 16.4. The fourth-order valence-corrected chi connectivity index (χ4v) is 2.92. The second-order valence-electron chi connectivity index (χ2n) is 5.52. The van der Waals surface area contributed by atoms with E-state index in [1.807, 2.05) is 18.2 Å². The molecular weight excluding hydrogens is 369 g/mol. The van der Waals surface area contributed by atoms with Crippen LogP contribution in [0.2, 0.25) is 5.02 Å². The number of nitrogens with two attached hydrogens (primary N) is 1. The molecule has 4 heteroatoms. The van der Waals surface area contributed by atoms with E-state index in [0.29, 0.717) is 0 Å². The minimum Gasteiger partial charge on any atom is -0.327 e. The van der Waals surface area contributed by atoms with Crippen molar-refractivity contribution in [1.82, 2.24) is 0 Å². The summed E-state index contributed by atoms with van der Waals surface area (Å²) < 4.78 is 1.08. The average Bonchev–Trinajstić information content (AvgIpc) is 2.41. The van der Waals surface area contributed by atoms with Crippen LogP contribution in [0.3, 0.4) is 0 Å². The summed E-state index contributed by atoms with van der Waals surface area (Å²) in [5.74, 6) is 0. The van der Waals surface area contributed by atoms with Crippen molar-refractivity contribution < 1.29 is 0 Å². The van der Waals surface area contributed by atoms with Gasteiger partial charge in [-0.15, -0.1) is 12.4 Å². The molecule has 2 aromatic carbocycles. The second-order valence-corrected chi connectivity index (χ2v) is 6.87. The molecular formula is C17H20BrCl2N. The minimum absolute atomic E-state index is 0. The molecule has 0 fully saturated rings. The molecule has 0 amide bonds. The predicted molar refractivity (Wildman–Crippen MR) is 97.5 cm³/mol. The molecule has 0 saturated carbocycles. The Morgan fingerprint density at radius 2 is 1.81 bits per heavy atom. The lowest BCUT2D eigenvalue weighted by atomic mass is 9.72. The number of rotatable bonds is 4. The largest absolute Gasteiger partial charge is 0.327 e. The third kappa shape index (κ3) is 4.46. The van der Waals surface area contributed by atoms with Crippen LogP contribution in [0, 0.1) is 0 Å². The van der Waals surface area contributed by atoms with Crippen molar-refractivity contribution in [3.8, 4) is 0 Å². The maximum Gasteiger partial charge on any atom is 0.0406 e. The first-order valence-corrected chi connectivity index (χ1v) is 7.85. The van der Waals surface area contributed by atoms with Gasteiger partial charge in [0, 0.05) is 21.0 Å². The topological polar surface area (TPSA) is 26.0 Å². The lowest BCUT2D eigenvalue weighted by Gasteiger charge is -2.34. The van der Waals surface area contributed by atoms with Crippen molar-refractivity contribution in [3.63, 3.8) is 0 Å². The van der Waals surface area contributed by atoms with Gasteiger partial charge >= 0.3 is 0 Å². The second kappa shape index (κ2) is 7.64. The monoisotopic (exact) mass is 387 g/mol. The summed E-state index contributed by atoms with van der Waals surface area (Å²) in [5.41, 5.74) is 8.67. The van der Waals surface area contributed by atoms with E-state index < -0.39 is 0 Å². The fraction of sp³-hybridized carbons (Fsp3) is 0.294. The number of hydrogen-bond acceptors (Lipinski definition) is 1. The van der Waals surface area contributed by atoms with Crippen LogP contribution in [0.15, 0.2) is 53.0 Å². The molecule has 0 spiro atoms. The van der Waals surface area contributed by atoms with Crippen molar-refractivity contribution in [2.45, 2.75) is 31.7 Å². The van der Waals surface area contributed by atoms with Gasteiger partial charge in [0.1, 0.15) is 0 Å². The zero-order valence-electron chi connectivity index (χ0n) is 12.1. The van der Waals surface area contributed by atoms with Crippen LogP contribution in [-0.2, 0) is 11.8 Å². The van der Waals surface area contributed by atoms with E-state index in [0.717, 1.165) is 15.9 Å². The molecule has 0 aromatic heterocycles. The molecule has 0 radical (unpaired) electrons. The Balaban J connectivity index is 0.00000220. The fourth-order valence-electron chi connectivity index (χ4n) is 2.40. The van der Waals surface area contributed by atoms with Crippen molar-refractivity contribution in [2.24, 2.45) is 5.73 Å². The quantitative estimate of drug-likeness (QED) is 0.748. The van der Waals surface area contributed by atoms with E-state index in [4.69, 9.17) is 17.3 Å². The van der Waals surface area contributed by atoms with Gasteiger partial charge in [-0.05, 0) is 48.7 Å². The van der Waals surface area contributed by atoms with Gasteiger partial charge in [-0.3, -0.25) is 0 Å². The molecule has 2 N–H and O–H groups in total. The van der Waals surface area contributed by atoms with Crippen molar-refractivity contribution >= 4 is 39.9 Å². The van der Waals surface area contributed by atoms with Crippen LogP contribution >= 0.6 is 39.9 Å². The molecule has 0 aliphatic heterocycles. The molecule has 2 rings (SSSR count). The summed E-state index contributed by atoms with van der Waals surface area (Å²) in [6.07, 6.45) is 0.887. The van der Waals surface area contributed by atoms with Crippen molar-refractivity contribution in [2.75, 3.05) is 0 Å². The maximum atomic E-state index is 6.29. The summed E-state index contributed by atoms with van der Waals surface area (Å²) in [4.78, 5) is 0. The first kappa shape index (κ1) is 18.5. The summed E-state index contributed by atoms with van der Waals surface area (Å²) in [7, 11) is 0. The van der Waals surface area contributed by atoms with Crippen LogP contribution in [0.25, 0.3) is 0 Å². The molecule has 2 atom stereocenters. The van der Waals surface area contributed by atoms with Crippen LogP contribution in [0.1, 0.15) is 25.0 Å². The van der Waals surface area contributed by atoms with Crippen molar-refractivity contribution in [3.05, 3.63) is 69.2 Å². The average molecular weight is 389 g/mol. The van der Waals surface area contributed by atoms with Gasteiger partial charge in [-0.25, -0.2) is 0 Å². The molecule has 21 heavy (non-hydrogen) atoms. The van der Waals surface area contributed by atoms with E-state index >= 15 is 0 Å². The molecule has 0 bridgehead atoms. The van der Waals surface area contributed by atoms with Crippen molar-refractivity contribution in [1.29, 1.82) is 0 Å². The lowest BCUT2D eigenvalue weighted by molar-refractivity contribution is 0.391. The van der Waals surface area contributed by atoms with E-state index in [1.54, 1.807) is 0 Å². The Kier molecular flexibility index (Phi) is 6.73. The number of benzene rings is 2. The number of hydrogen-bond donors (Lipinski definition) is 1. The maximum absolute atomic E-state index is 6.29. The first-order chi connectivity index (χ1) is 9.41. The predicted octanol–water partition coefficient (Wildman–Crippen LogP) is 5.37.